The summed E-state index contributed by atoms with van der Waals surface area (Å²) in [7, 11) is 0. The van der Waals surface area contributed by atoms with Crippen molar-refractivity contribution in [3.8, 4) is 11.8 Å². The third-order valence-corrected chi connectivity index (χ3v) is 5.38. The zero-order valence-corrected chi connectivity index (χ0v) is 20.6. The van der Waals surface area contributed by atoms with E-state index in [0.29, 0.717) is 23.4 Å². The number of nitrogens with one attached hydrogen (secondary N) is 4. The molecule has 3 aromatic carbocycles. The minimum Gasteiger partial charge on any atom is -0.339 e. The van der Waals surface area contributed by atoms with Crippen molar-refractivity contribution in [3.05, 3.63) is 101 Å². The zero-order chi connectivity index (χ0) is 27.5. The van der Waals surface area contributed by atoms with Crippen LogP contribution >= 0.6 is 0 Å². The number of hydroxylamine groups is 1. The first-order valence-corrected chi connectivity index (χ1v) is 11.7. The number of carbonyl (C=O) groups excluding carboxylic acids is 3. The Morgan fingerprint density at radius 3 is 2.18 bits per heavy atom. The molecule has 0 saturated heterocycles. The van der Waals surface area contributed by atoms with Crippen molar-refractivity contribution in [3.63, 3.8) is 0 Å². The quantitative estimate of drug-likeness (QED) is 0.145. The standard InChI is InChI=1S/C28H28FN5O4/c1-18(30)26(28(37)34-38)33-27(36)22-11-7-19(8-12-22)5-6-20-9-13-24(14-10-20)32-25(35)17-31-16-21-3-2-4-23(29)15-21/h2-4,7-15,18,26,31,38H,16-17,30H2,1H3,(H,32,35)(H,33,36)(H,34,37)/t18-,26+/m1/s1. The molecule has 0 spiro atoms. The molecule has 3 aromatic rings. The van der Waals surface area contributed by atoms with Gasteiger partial charge in [0.25, 0.3) is 11.8 Å². The summed E-state index contributed by atoms with van der Waals surface area (Å²) in [6, 6.07) is 17.8. The number of benzene rings is 3. The van der Waals surface area contributed by atoms with Crippen molar-refractivity contribution in [1.29, 1.82) is 0 Å². The summed E-state index contributed by atoms with van der Waals surface area (Å²) in [5, 5.41) is 17.0. The van der Waals surface area contributed by atoms with Crippen LogP contribution in [0.15, 0.2) is 72.8 Å². The second kappa shape index (κ2) is 13.7. The molecule has 0 aliphatic rings. The fourth-order valence-corrected chi connectivity index (χ4v) is 3.39. The lowest BCUT2D eigenvalue weighted by Gasteiger charge is -2.20. The summed E-state index contributed by atoms with van der Waals surface area (Å²) < 4.78 is 13.2. The monoisotopic (exact) mass is 517 g/mol. The number of hydrogen-bond acceptors (Lipinski definition) is 6. The van der Waals surface area contributed by atoms with Crippen LogP contribution in [0.2, 0.25) is 0 Å². The molecule has 0 saturated carbocycles. The lowest BCUT2D eigenvalue weighted by atomic mass is 10.1. The number of nitrogens with two attached hydrogens (primary N) is 1. The molecule has 38 heavy (non-hydrogen) atoms. The molecular formula is C28H28FN5O4. The first-order chi connectivity index (χ1) is 18.2. The third kappa shape index (κ3) is 8.53. The summed E-state index contributed by atoms with van der Waals surface area (Å²) in [6.45, 7) is 1.99. The molecule has 3 amide bonds. The Morgan fingerprint density at radius 2 is 1.61 bits per heavy atom. The van der Waals surface area contributed by atoms with Crippen molar-refractivity contribution in [1.82, 2.24) is 16.1 Å². The first-order valence-electron chi connectivity index (χ1n) is 11.7. The Balaban J connectivity index is 1.50. The van der Waals surface area contributed by atoms with Gasteiger partial charge in [-0.3, -0.25) is 19.6 Å². The molecule has 7 N–H and O–H groups in total. The number of halogens is 1. The normalized spacial score (nSPS) is 11.9. The molecule has 0 aliphatic heterocycles. The number of amides is 3. The summed E-state index contributed by atoms with van der Waals surface area (Å²) in [6.07, 6.45) is 0. The molecule has 0 aromatic heterocycles. The van der Waals surface area contributed by atoms with Crippen LogP contribution in [0.1, 0.15) is 34.0 Å². The number of anilines is 1. The van der Waals surface area contributed by atoms with Gasteiger partial charge in [0, 0.05) is 35.0 Å². The van der Waals surface area contributed by atoms with Crippen molar-refractivity contribution in [2.24, 2.45) is 5.73 Å². The Bertz CT molecular complexity index is 1330. The molecule has 2 atom stereocenters. The molecule has 0 radical (unpaired) electrons. The van der Waals surface area contributed by atoms with Gasteiger partial charge in [0.2, 0.25) is 5.91 Å². The minimum absolute atomic E-state index is 0.0760. The van der Waals surface area contributed by atoms with E-state index in [2.05, 4.69) is 27.8 Å². The summed E-state index contributed by atoms with van der Waals surface area (Å²) in [4.78, 5) is 36.2. The lowest BCUT2D eigenvalue weighted by Crippen LogP contribution is -2.54. The molecule has 9 nitrogen and oxygen atoms in total. The van der Waals surface area contributed by atoms with E-state index in [1.54, 1.807) is 60.7 Å². The minimum atomic E-state index is -1.09. The van der Waals surface area contributed by atoms with Gasteiger partial charge >= 0.3 is 0 Å². The molecule has 0 aliphatic carbocycles. The first kappa shape index (κ1) is 28.0. The van der Waals surface area contributed by atoms with Gasteiger partial charge in [-0.2, -0.15) is 0 Å². The predicted octanol–water partition coefficient (Wildman–Crippen LogP) is 1.90. The fraction of sp³-hybridized carbons (Fsp3) is 0.179. The van der Waals surface area contributed by atoms with Crippen molar-refractivity contribution in [2.45, 2.75) is 25.6 Å². The Kier molecular flexibility index (Phi) is 10.1. The van der Waals surface area contributed by atoms with Crippen LogP contribution in [0.25, 0.3) is 0 Å². The van der Waals surface area contributed by atoms with Crippen molar-refractivity contribution in [2.75, 3.05) is 11.9 Å². The second-order valence-corrected chi connectivity index (χ2v) is 8.47. The zero-order valence-electron chi connectivity index (χ0n) is 20.6. The van der Waals surface area contributed by atoms with Gasteiger partial charge in [0.05, 0.1) is 6.54 Å². The number of hydrogen-bond donors (Lipinski definition) is 6. The third-order valence-electron chi connectivity index (χ3n) is 5.38. The topological polar surface area (TPSA) is 146 Å². The van der Waals surface area contributed by atoms with Gasteiger partial charge in [0.15, 0.2) is 0 Å². The van der Waals surface area contributed by atoms with Gasteiger partial charge in [-0.1, -0.05) is 24.0 Å². The molecule has 3 rings (SSSR count). The highest BCUT2D eigenvalue weighted by molar-refractivity contribution is 5.97. The average molecular weight is 518 g/mol. The Labute approximate surface area is 219 Å². The van der Waals surface area contributed by atoms with E-state index >= 15 is 0 Å². The highest BCUT2D eigenvalue weighted by Gasteiger charge is 2.24. The van der Waals surface area contributed by atoms with E-state index in [1.807, 2.05) is 0 Å². The SMILES string of the molecule is C[C@@H](N)[C@H](NC(=O)c1ccc(C#Cc2ccc(NC(=O)CNCc3cccc(F)c3)cc2)cc1)C(=O)NO. The highest BCUT2D eigenvalue weighted by Crippen LogP contribution is 2.10. The van der Waals surface area contributed by atoms with Crippen molar-refractivity contribution < 1.29 is 24.0 Å². The van der Waals surface area contributed by atoms with Gasteiger partial charge < -0.3 is 21.7 Å². The maximum atomic E-state index is 13.2. The molecule has 0 bridgehead atoms. The summed E-state index contributed by atoms with van der Waals surface area (Å²) in [5.74, 6) is 4.14. The summed E-state index contributed by atoms with van der Waals surface area (Å²) in [5.41, 5.74) is 10.2. The van der Waals surface area contributed by atoms with E-state index in [4.69, 9.17) is 10.9 Å². The van der Waals surface area contributed by atoms with Gasteiger partial charge in [-0.15, -0.1) is 0 Å². The Morgan fingerprint density at radius 1 is 0.974 bits per heavy atom. The molecule has 196 valence electrons. The maximum absolute atomic E-state index is 13.2. The molecule has 0 heterocycles. The fourth-order valence-electron chi connectivity index (χ4n) is 3.39. The van der Waals surface area contributed by atoms with Crippen LogP contribution in [0.5, 0.6) is 0 Å². The van der Waals surface area contributed by atoms with Crippen LogP contribution in [-0.2, 0) is 16.1 Å². The highest BCUT2D eigenvalue weighted by atomic mass is 19.1. The number of rotatable bonds is 9. The van der Waals surface area contributed by atoms with Gasteiger partial charge in [-0.05, 0) is 73.2 Å². The summed E-state index contributed by atoms with van der Waals surface area (Å²) >= 11 is 0. The van der Waals surface area contributed by atoms with Crippen LogP contribution in [0, 0.1) is 17.7 Å². The second-order valence-electron chi connectivity index (χ2n) is 8.47. The van der Waals surface area contributed by atoms with Crippen LogP contribution in [0.4, 0.5) is 10.1 Å². The molecule has 0 fully saturated rings. The van der Waals surface area contributed by atoms with E-state index in [9.17, 15) is 18.8 Å². The predicted molar refractivity (Wildman–Crippen MR) is 140 cm³/mol. The average Bonchev–Trinajstić information content (AvgIpc) is 2.91. The van der Waals surface area contributed by atoms with Crippen LogP contribution in [0.3, 0.4) is 0 Å². The Hall–Kier alpha value is -4.56. The molecular weight excluding hydrogens is 489 g/mol. The molecule has 0 unspecified atom stereocenters. The van der Waals surface area contributed by atoms with Crippen LogP contribution < -0.4 is 27.2 Å². The smallest absolute Gasteiger partial charge is 0.267 e. The van der Waals surface area contributed by atoms with Gasteiger partial charge in [0.1, 0.15) is 11.9 Å². The number of carbonyl (C=O) groups is 3. The maximum Gasteiger partial charge on any atom is 0.267 e. The van der Waals surface area contributed by atoms with E-state index < -0.39 is 23.9 Å². The van der Waals surface area contributed by atoms with Crippen molar-refractivity contribution >= 4 is 23.4 Å². The van der Waals surface area contributed by atoms with E-state index in [-0.39, 0.29) is 18.3 Å². The van der Waals surface area contributed by atoms with Gasteiger partial charge in [-0.25, -0.2) is 9.87 Å². The largest absolute Gasteiger partial charge is 0.339 e. The van der Waals surface area contributed by atoms with E-state index in [0.717, 1.165) is 11.1 Å². The molecule has 10 heteroatoms. The lowest BCUT2D eigenvalue weighted by molar-refractivity contribution is -0.131. The van der Waals surface area contributed by atoms with Crippen LogP contribution in [-0.4, -0.2) is 41.6 Å². The van der Waals surface area contributed by atoms with E-state index in [1.165, 1.54) is 24.5 Å².